The molecule has 3 aromatic carbocycles. The Labute approximate surface area is 230 Å². The molecule has 0 unspecified atom stereocenters. The predicted octanol–water partition coefficient (Wildman–Crippen LogP) is 6.80. The molecule has 1 aliphatic rings. The van der Waals surface area contributed by atoms with Gasteiger partial charge in [-0.15, -0.1) is 0 Å². The zero-order valence-electron chi connectivity index (χ0n) is 22.0. The second-order valence-corrected chi connectivity index (χ2v) is 10.1. The number of nitrogens with zero attached hydrogens (tertiary/aromatic N) is 2. The lowest BCUT2D eigenvalue weighted by atomic mass is 9.73. The molecule has 0 amide bonds. The maximum absolute atomic E-state index is 13.7. The monoisotopic (exact) mass is 549 g/mol. The van der Waals surface area contributed by atoms with Crippen molar-refractivity contribution in [1.82, 2.24) is 9.88 Å². The third-order valence-corrected chi connectivity index (χ3v) is 7.48. The summed E-state index contributed by atoms with van der Waals surface area (Å²) in [7, 11) is 0. The molecule has 9 heteroatoms. The molecule has 2 N–H and O–H groups in total. The van der Waals surface area contributed by atoms with E-state index in [-0.39, 0.29) is 18.0 Å². The summed E-state index contributed by atoms with van der Waals surface area (Å²) in [6.07, 6.45) is -3.65. The van der Waals surface area contributed by atoms with E-state index in [2.05, 4.69) is 15.2 Å². The van der Waals surface area contributed by atoms with Gasteiger partial charge in [-0.1, -0.05) is 48.5 Å². The first kappa shape index (κ1) is 27.5. The maximum Gasteiger partial charge on any atom is 0.416 e. The average molecular weight is 550 g/mol. The summed E-state index contributed by atoms with van der Waals surface area (Å²) >= 11 is 0. The number of halogens is 3. The second kappa shape index (κ2) is 11.2. The molecule has 1 aliphatic heterocycles. The predicted molar refractivity (Wildman–Crippen MR) is 148 cm³/mol. The number of ether oxygens (including phenoxy) is 1. The third-order valence-electron chi connectivity index (χ3n) is 7.48. The van der Waals surface area contributed by atoms with Crippen molar-refractivity contribution in [3.8, 4) is 5.75 Å². The molecule has 0 aliphatic carbocycles. The van der Waals surface area contributed by atoms with Crippen LogP contribution in [0.15, 0.2) is 78.9 Å². The van der Waals surface area contributed by atoms with Crippen LogP contribution >= 0.6 is 0 Å². The quantitative estimate of drug-likeness (QED) is 0.252. The van der Waals surface area contributed by atoms with Crippen LogP contribution in [-0.2, 0) is 16.4 Å². The van der Waals surface area contributed by atoms with Crippen molar-refractivity contribution in [2.24, 2.45) is 0 Å². The molecule has 40 heavy (non-hydrogen) atoms. The van der Waals surface area contributed by atoms with Crippen molar-refractivity contribution in [2.45, 2.75) is 31.4 Å². The molecule has 208 valence electrons. The largest absolute Gasteiger partial charge is 0.492 e. The number of aliphatic carboxylic acids is 1. The summed E-state index contributed by atoms with van der Waals surface area (Å²) in [5.41, 5.74) is 1.44. The van der Waals surface area contributed by atoms with Gasteiger partial charge >= 0.3 is 12.1 Å². The molecule has 6 nitrogen and oxygen atoms in total. The highest BCUT2D eigenvalue weighted by Gasteiger charge is 2.42. The number of aryl methyl sites for hydroxylation is 1. The van der Waals surface area contributed by atoms with Crippen molar-refractivity contribution < 1.29 is 27.8 Å². The van der Waals surface area contributed by atoms with Crippen molar-refractivity contribution in [3.05, 3.63) is 95.7 Å². The van der Waals surface area contributed by atoms with Crippen LogP contribution in [0.5, 0.6) is 5.75 Å². The van der Waals surface area contributed by atoms with Crippen molar-refractivity contribution in [1.29, 1.82) is 0 Å². The molecular weight excluding hydrogens is 519 g/mol. The summed E-state index contributed by atoms with van der Waals surface area (Å²) < 4.78 is 47.0. The number of aromatic nitrogens is 1. The van der Waals surface area contributed by atoms with E-state index in [1.807, 2.05) is 61.5 Å². The van der Waals surface area contributed by atoms with Crippen molar-refractivity contribution in [2.75, 3.05) is 31.6 Å². The summed E-state index contributed by atoms with van der Waals surface area (Å²) in [5.74, 6) is -0.732. The Morgan fingerprint density at radius 2 is 1.73 bits per heavy atom. The molecule has 4 aromatic rings. The van der Waals surface area contributed by atoms with E-state index in [0.717, 1.165) is 34.3 Å². The average Bonchev–Trinajstić information content (AvgIpc) is 2.93. The SMILES string of the molecule is Cc1cc(Nc2cc(OCCN3CCC(C(=O)O)(c4ccccc4)CC3)cc(C(F)(F)F)c2)c2ccccc2n1. The molecule has 0 radical (unpaired) electrons. The van der Waals surface area contributed by atoms with Gasteiger partial charge < -0.3 is 15.2 Å². The minimum atomic E-state index is -4.55. The number of pyridine rings is 1. The summed E-state index contributed by atoms with van der Waals surface area (Å²) in [5, 5.41) is 13.9. The molecule has 0 spiro atoms. The van der Waals surface area contributed by atoms with E-state index in [1.54, 1.807) is 12.1 Å². The number of likely N-dealkylation sites (tertiary alicyclic amines) is 1. The highest BCUT2D eigenvalue weighted by Crippen LogP contribution is 2.37. The number of alkyl halides is 3. The molecule has 0 saturated carbocycles. The minimum absolute atomic E-state index is 0.105. The van der Waals surface area contributed by atoms with E-state index in [4.69, 9.17) is 4.74 Å². The first-order valence-electron chi connectivity index (χ1n) is 13.1. The highest BCUT2D eigenvalue weighted by molar-refractivity contribution is 5.93. The number of nitrogens with one attached hydrogen (secondary N) is 1. The van der Waals surface area contributed by atoms with Crippen LogP contribution in [0.25, 0.3) is 10.9 Å². The molecule has 0 atom stereocenters. The van der Waals surface area contributed by atoms with Crippen molar-refractivity contribution in [3.63, 3.8) is 0 Å². The Morgan fingerprint density at radius 3 is 2.42 bits per heavy atom. The molecule has 1 aromatic heterocycles. The minimum Gasteiger partial charge on any atom is -0.492 e. The second-order valence-electron chi connectivity index (χ2n) is 10.1. The van der Waals surface area contributed by atoms with Crippen LogP contribution in [0.1, 0.15) is 29.7 Å². The van der Waals surface area contributed by atoms with Gasteiger partial charge in [-0.25, -0.2) is 0 Å². The van der Waals surface area contributed by atoms with E-state index < -0.39 is 23.1 Å². The molecular formula is C31H30F3N3O3. The van der Waals surface area contributed by atoms with E-state index in [0.29, 0.717) is 38.2 Å². The molecule has 5 rings (SSSR count). The third kappa shape index (κ3) is 5.89. The number of piperidine rings is 1. The number of carboxylic acid groups (broad SMARTS) is 1. The van der Waals surface area contributed by atoms with Gasteiger partial charge in [0.15, 0.2) is 0 Å². The molecule has 2 heterocycles. The van der Waals surface area contributed by atoms with Gasteiger partial charge in [0, 0.05) is 35.1 Å². The van der Waals surface area contributed by atoms with Crippen LogP contribution in [0, 0.1) is 6.92 Å². The zero-order valence-corrected chi connectivity index (χ0v) is 22.0. The summed E-state index contributed by atoms with van der Waals surface area (Å²) in [4.78, 5) is 18.8. The number of hydrogen-bond donors (Lipinski definition) is 2. The number of anilines is 2. The number of carbonyl (C=O) groups is 1. The fourth-order valence-electron chi connectivity index (χ4n) is 5.32. The van der Waals surface area contributed by atoms with Crippen LogP contribution in [-0.4, -0.2) is 47.2 Å². The van der Waals surface area contributed by atoms with Crippen molar-refractivity contribution >= 4 is 28.2 Å². The lowest BCUT2D eigenvalue weighted by Gasteiger charge is -2.39. The maximum atomic E-state index is 13.7. The van der Waals surface area contributed by atoms with E-state index in [1.165, 1.54) is 0 Å². The number of carboxylic acids is 1. The normalized spacial score (nSPS) is 15.6. The molecule has 1 saturated heterocycles. The zero-order chi connectivity index (χ0) is 28.3. The number of fused-ring (bicyclic) bond motifs is 1. The van der Waals surface area contributed by atoms with Gasteiger partial charge in [0.1, 0.15) is 12.4 Å². The van der Waals surface area contributed by atoms with Crippen LogP contribution < -0.4 is 10.1 Å². The standard InChI is InChI=1S/C31H30F3N3O3/c1-21-17-28(26-9-5-6-10-27(26)35-21)36-24-18-23(31(32,33)34)19-25(20-24)40-16-15-37-13-11-30(12-14-37,29(38)39)22-7-3-2-4-8-22/h2-10,17-20H,11-16H2,1H3,(H,35,36)(H,38,39). The fraction of sp³-hybridized carbons (Fsp3) is 0.290. The summed E-state index contributed by atoms with van der Waals surface area (Å²) in [6, 6.07) is 22.1. The Balaban J connectivity index is 1.28. The van der Waals surface area contributed by atoms with Gasteiger partial charge in [-0.3, -0.25) is 14.7 Å². The van der Waals surface area contributed by atoms with Gasteiger partial charge in [0.25, 0.3) is 0 Å². The lowest BCUT2D eigenvalue weighted by molar-refractivity contribution is -0.146. The number of benzene rings is 3. The van der Waals surface area contributed by atoms with Gasteiger partial charge in [-0.2, -0.15) is 13.2 Å². The Hall–Kier alpha value is -4.11. The first-order valence-corrected chi connectivity index (χ1v) is 13.1. The highest BCUT2D eigenvalue weighted by atomic mass is 19.4. The van der Waals surface area contributed by atoms with E-state index >= 15 is 0 Å². The number of rotatable bonds is 8. The van der Waals surface area contributed by atoms with Crippen LogP contribution in [0.2, 0.25) is 0 Å². The number of para-hydroxylation sites is 1. The topological polar surface area (TPSA) is 74.7 Å². The smallest absolute Gasteiger partial charge is 0.416 e. The summed E-state index contributed by atoms with van der Waals surface area (Å²) in [6.45, 7) is 3.57. The van der Waals surface area contributed by atoms with Gasteiger partial charge in [0.05, 0.1) is 16.5 Å². The number of hydrogen-bond acceptors (Lipinski definition) is 5. The van der Waals surface area contributed by atoms with Crippen LogP contribution in [0.3, 0.4) is 0 Å². The Bertz CT molecular complexity index is 1500. The van der Waals surface area contributed by atoms with Crippen LogP contribution in [0.4, 0.5) is 24.5 Å². The molecule has 1 fully saturated rings. The first-order chi connectivity index (χ1) is 19.1. The lowest BCUT2D eigenvalue weighted by Crippen LogP contribution is -2.48. The fourth-order valence-corrected chi connectivity index (χ4v) is 5.32. The Kier molecular flexibility index (Phi) is 7.67. The van der Waals surface area contributed by atoms with E-state index in [9.17, 15) is 23.1 Å². The molecule has 0 bridgehead atoms. The van der Waals surface area contributed by atoms with Gasteiger partial charge in [0.2, 0.25) is 0 Å². The van der Waals surface area contributed by atoms with Gasteiger partial charge in [-0.05, 0) is 62.7 Å². The Morgan fingerprint density at radius 1 is 1.02 bits per heavy atom.